The molecule has 0 radical (unpaired) electrons. The van der Waals surface area contributed by atoms with Crippen molar-refractivity contribution in [3.8, 4) is 0 Å². The number of rotatable bonds is 7. The fourth-order valence-electron chi connectivity index (χ4n) is 3.03. The number of amides is 2. The van der Waals surface area contributed by atoms with Crippen molar-refractivity contribution >= 4 is 29.1 Å². The number of nitrogens with one attached hydrogen (secondary N) is 2. The number of hydrogen-bond acceptors (Lipinski definition) is 5. The summed E-state index contributed by atoms with van der Waals surface area (Å²) in [6, 6.07) is 10.6. The Kier molecular flexibility index (Phi) is 6.66. The molecule has 0 aliphatic carbocycles. The minimum atomic E-state index is -0.585. The van der Waals surface area contributed by atoms with Crippen LogP contribution in [0, 0.1) is 17.0 Å². The van der Waals surface area contributed by atoms with E-state index in [1.54, 1.807) is 48.1 Å². The van der Waals surface area contributed by atoms with Gasteiger partial charge in [-0.1, -0.05) is 29.8 Å². The number of nitro groups is 1. The summed E-state index contributed by atoms with van der Waals surface area (Å²) in [6.45, 7) is 1.27. The van der Waals surface area contributed by atoms with Gasteiger partial charge in [0.15, 0.2) is 0 Å². The molecule has 0 bridgehead atoms. The molecule has 9 nitrogen and oxygen atoms in total. The van der Waals surface area contributed by atoms with Gasteiger partial charge in [0.25, 0.3) is 11.6 Å². The normalized spacial score (nSPS) is 11.6. The quantitative estimate of drug-likeness (QED) is 0.431. The smallest absolute Gasteiger partial charge is 0.273 e. The largest absolute Gasteiger partial charge is 0.343 e. The number of nitro benzene ring substituents is 1. The fourth-order valence-corrected chi connectivity index (χ4v) is 3.16. The van der Waals surface area contributed by atoms with E-state index in [9.17, 15) is 19.7 Å². The number of aryl methyl sites for hydroxylation is 2. The maximum Gasteiger partial charge on any atom is 0.273 e. The molecule has 0 saturated carbocycles. The van der Waals surface area contributed by atoms with Gasteiger partial charge >= 0.3 is 0 Å². The van der Waals surface area contributed by atoms with Gasteiger partial charge in [0.1, 0.15) is 11.9 Å². The van der Waals surface area contributed by atoms with Crippen molar-refractivity contribution in [3.63, 3.8) is 0 Å². The zero-order valence-corrected chi connectivity index (χ0v) is 17.6. The summed E-state index contributed by atoms with van der Waals surface area (Å²) in [7, 11) is 1.81. The molecule has 0 spiro atoms. The minimum absolute atomic E-state index is 0.100. The number of aromatic nitrogens is 2. The maximum absolute atomic E-state index is 12.6. The third kappa shape index (κ3) is 5.26. The molecule has 3 aromatic rings. The van der Waals surface area contributed by atoms with Crippen LogP contribution in [-0.4, -0.2) is 32.8 Å². The SMILES string of the molecule is Cc1ccc(C(=O)NCC(=O)NC(c2ccc(Cl)cc2)c2nccn2C)cc1[N+](=O)[O-]. The molecule has 160 valence electrons. The number of carbonyl (C=O) groups excluding carboxylic acids is 2. The minimum Gasteiger partial charge on any atom is -0.343 e. The van der Waals surface area contributed by atoms with Crippen LogP contribution in [0.2, 0.25) is 5.02 Å². The highest BCUT2D eigenvalue weighted by molar-refractivity contribution is 6.30. The van der Waals surface area contributed by atoms with Gasteiger partial charge in [-0.3, -0.25) is 19.7 Å². The summed E-state index contributed by atoms with van der Waals surface area (Å²) in [6.07, 6.45) is 3.38. The van der Waals surface area contributed by atoms with E-state index in [2.05, 4.69) is 15.6 Å². The van der Waals surface area contributed by atoms with E-state index in [-0.39, 0.29) is 17.8 Å². The molecular weight excluding hydrogens is 422 g/mol. The van der Waals surface area contributed by atoms with Gasteiger partial charge < -0.3 is 15.2 Å². The molecule has 0 saturated heterocycles. The van der Waals surface area contributed by atoms with E-state index in [1.165, 1.54) is 18.2 Å². The molecule has 0 aliphatic rings. The lowest BCUT2D eigenvalue weighted by Crippen LogP contribution is -2.39. The molecule has 1 unspecified atom stereocenters. The lowest BCUT2D eigenvalue weighted by atomic mass is 10.1. The van der Waals surface area contributed by atoms with Crippen molar-refractivity contribution in [3.05, 3.63) is 92.5 Å². The summed E-state index contributed by atoms with van der Waals surface area (Å²) in [5.74, 6) is -0.424. The zero-order valence-electron chi connectivity index (χ0n) is 16.8. The van der Waals surface area contributed by atoms with Gasteiger partial charge in [-0.25, -0.2) is 4.98 Å². The average molecular weight is 442 g/mol. The van der Waals surface area contributed by atoms with E-state index in [1.807, 2.05) is 7.05 Å². The third-order valence-electron chi connectivity index (χ3n) is 4.70. The van der Waals surface area contributed by atoms with Crippen LogP contribution in [0.15, 0.2) is 54.9 Å². The molecule has 1 atom stereocenters. The summed E-state index contributed by atoms with van der Waals surface area (Å²) in [4.78, 5) is 39.8. The van der Waals surface area contributed by atoms with Crippen LogP contribution in [0.1, 0.15) is 33.4 Å². The van der Waals surface area contributed by atoms with Crippen LogP contribution < -0.4 is 10.6 Å². The molecule has 1 heterocycles. The molecule has 31 heavy (non-hydrogen) atoms. The fraction of sp³-hybridized carbons (Fsp3) is 0.190. The Morgan fingerprint density at radius 1 is 1.23 bits per heavy atom. The average Bonchev–Trinajstić information content (AvgIpc) is 3.16. The molecule has 2 N–H and O–H groups in total. The van der Waals surface area contributed by atoms with Crippen molar-refractivity contribution < 1.29 is 14.5 Å². The van der Waals surface area contributed by atoms with Crippen LogP contribution in [0.25, 0.3) is 0 Å². The zero-order chi connectivity index (χ0) is 22.5. The number of carbonyl (C=O) groups is 2. The van der Waals surface area contributed by atoms with Crippen molar-refractivity contribution in [1.82, 2.24) is 20.2 Å². The van der Waals surface area contributed by atoms with Crippen LogP contribution in [0.3, 0.4) is 0 Å². The number of halogens is 1. The highest BCUT2D eigenvalue weighted by atomic mass is 35.5. The summed E-state index contributed by atoms with van der Waals surface area (Å²) in [5.41, 5.74) is 1.16. The predicted molar refractivity (Wildman–Crippen MR) is 115 cm³/mol. The molecule has 0 aliphatic heterocycles. The molecule has 2 amide bonds. The molecule has 3 rings (SSSR count). The Labute approximate surface area is 183 Å². The van der Waals surface area contributed by atoms with Crippen molar-refractivity contribution in [2.75, 3.05) is 6.54 Å². The number of nitrogens with zero attached hydrogens (tertiary/aromatic N) is 3. The highest BCUT2D eigenvalue weighted by Crippen LogP contribution is 2.22. The summed E-state index contributed by atoms with van der Waals surface area (Å²) >= 11 is 5.96. The second-order valence-corrected chi connectivity index (χ2v) is 7.33. The van der Waals surface area contributed by atoms with E-state index in [0.717, 1.165) is 5.56 Å². The first-order valence-corrected chi connectivity index (χ1v) is 9.69. The van der Waals surface area contributed by atoms with Crippen molar-refractivity contribution in [1.29, 1.82) is 0 Å². The molecule has 1 aromatic heterocycles. The Bertz CT molecular complexity index is 1130. The standard InChI is InChI=1S/C21H20ClN5O4/c1-13-3-4-15(11-17(13)27(30)31)21(29)24-12-18(28)25-19(20-23-9-10-26(20)2)14-5-7-16(22)8-6-14/h3-11,19H,12H2,1-2H3,(H,24,29)(H,25,28). The molecule has 10 heteroatoms. The second kappa shape index (κ2) is 9.40. The maximum atomic E-state index is 12.6. The van der Waals surface area contributed by atoms with Gasteiger partial charge in [0.05, 0.1) is 11.5 Å². The van der Waals surface area contributed by atoms with Gasteiger partial charge in [-0.2, -0.15) is 0 Å². The van der Waals surface area contributed by atoms with Gasteiger partial charge in [0.2, 0.25) is 5.91 Å². The summed E-state index contributed by atoms with van der Waals surface area (Å²) < 4.78 is 1.78. The number of benzene rings is 2. The lowest BCUT2D eigenvalue weighted by Gasteiger charge is -2.19. The van der Waals surface area contributed by atoms with Crippen LogP contribution in [-0.2, 0) is 11.8 Å². The van der Waals surface area contributed by atoms with Gasteiger partial charge in [-0.15, -0.1) is 0 Å². The van der Waals surface area contributed by atoms with Gasteiger partial charge in [0, 0.05) is 41.7 Å². The Hall–Kier alpha value is -3.72. The third-order valence-corrected chi connectivity index (χ3v) is 4.95. The molecular formula is C21H20ClN5O4. The Morgan fingerprint density at radius 3 is 2.55 bits per heavy atom. The van der Waals surface area contributed by atoms with E-state index in [4.69, 9.17) is 11.6 Å². The monoisotopic (exact) mass is 441 g/mol. The van der Waals surface area contributed by atoms with E-state index < -0.39 is 22.8 Å². The Morgan fingerprint density at radius 2 is 1.94 bits per heavy atom. The second-order valence-electron chi connectivity index (χ2n) is 6.89. The lowest BCUT2D eigenvalue weighted by molar-refractivity contribution is -0.385. The predicted octanol–water partition coefficient (Wildman–Crippen LogP) is 2.93. The topological polar surface area (TPSA) is 119 Å². The molecule has 0 fully saturated rings. The Balaban J connectivity index is 1.71. The van der Waals surface area contributed by atoms with Crippen LogP contribution >= 0.6 is 11.6 Å². The van der Waals surface area contributed by atoms with Gasteiger partial charge in [-0.05, 0) is 30.7 Å². The highest BCUT2D eigenvalue weighted by Gasteiger charge is 2.21. The van der Waals surface area contributed by atoms with E-state index in [0.29, 0.717) is 16.4 Å². The first-order chi connectivity index (χ1) is 14.8. The number of imidazole rings is 1. The van der Waals surface area contributed by atoms with Crippen LogP contribution in [0.4, 0.5) is 5.69 Å². The summed E-state index contributed by atoms with van der Waals surface area (Å²) in [5, 5.41) is 17.0. The number of hydrogen-bond donors (Lipinski definition) is 2. The van der Waals surface area contributed by atoms with Crippen molar-refractivity contribution in [2.24, 2.45) is 7.05 Å². The first kappa shape index (κ1) is 22.0. The van der Waals surface area contributed by atoms with Crippen LogP contribution in [0.5, 0.6) is 0 Å². The first-order valence-electron chi connectivity index (χ1n) is 9.31. The van der Waals surface area contributed by atoms with Crippen molar-refractivity contribution in [2.45, 2.75) is 13.0 Å². The molecule has 2 aromatic carbocycles. The van der Waals surface area contributed by atoms with E-state index >= 15 is 0 Å².